The lowest BCUT2D eigenvalue weighted by Gasteiger charge is -2.64. The zero-order valence-corrected chi connectivity index (χ0v) is 24.8. The summed E-state index contributed by atoms with van der Waals surface area (Å²) in [6.45, 7) is 4.49. The lowest BCUT2D eigenvalue weighted by molar-refractivity contribution is -0.331. The molecular formula is C30H46N4O8. The minimum absolute atomic E-state index is 0.0448. The van der Waals surface area contributed by atoms with Crippen molar-refractivity contribution in [3.05, 3.63) is 22.1 Å². The number of aliphatic hydroxyl groups excluding tert-OH is 3. The van der Waals surface area contributed by atoms with Gasteiger partial charge >= 0.3 is 5.97 Å². The highest BCUT2D eigenvalue weighted by molar-refractivity contribution is 5.85. The monoisotopic (exact) mass is 590 g/mol. The van der Waals surface area contributed by atoms with Gasteiger partial charge in [-0.2, -0.15) is 5.06 Å². The van der Waals surface area contributed by atoms with Crippen molar-refractivity contribution in [1.82, 2.24) is 5.06 Å². The SMILES string of the molecule is CON([C@H]1CC[C@@]2(C)[C@H](CC[C@@H]3[C@@H]2CC[C@]2(C)[C@@H](C4=CC(=O)OC4)CC[C@]32O)C1)[C@@H]1O[C@H](CO)[C@@H](O)[C@H](N=[N+]=[N-])[C@H]1O. The molecule has 0 unspecified atom stereocenters. The number of fused-ring (bicyclic) bond motifs is 5. The Morgan fingerprint density at radius 2 is 1.90 bits per heavy atom. The minimum atomic E-state index is -1.34. The third kappa shape index (κ3) is 4.36. The topological polar surface area (TPSA) is 178 Å². The number of carbonyl (C=O) groups excluding carboxylic acids is 1. The standard InChI is InChI=1S/C30H46N4O8/c1-28-9-6-18(34(40-3)27-26(38)24(32-33-31)25(37)22(14-35)42-27)13-17(28)4-5-21-20(28)7-10-29(2)19(8-11-30(21,29)39)16-12-23(36)41-15-16/h12,17-22,24-27,35,37-39H,4-11,13-15H2,1-3H3/t17-,18+,19-,20+,21-,22-,24+,25-,26-,27-,28+,29-,30+/m1/s1. The number of ether oxygens (including phenoxy) is 2. The Labute approximate surface area is 246 Å². The highest BCUT2D eigenvalue weighted by Gasteiger charge is 2.68. The number of hydroxylamine groups is 2. The maximum absolute atomic E-state index is 12.5. The molecule has 0 aromatic rings. The summed E-state index contributed by atoms with van der Waals surface area (Å²) in [5.41, 5.74) is 9.06. The lowest BCUT2D eigenvalue weighted by Crippen LogP contribution is -2.65. The van der Waals surface area contributed by atoms with E-state index in [1.165, 1.54) is 7.11 Å². The summed E-state index contributed by atoms with van der Waals surface area (Å²) in [5, 5.41) is 49.1. The van der Waals surface area contributed by atoms with Gasteiger partial charge in [0.05, 0.1) is 31.5 Å². The molecular weight excluding hydrogens is 544 g/mol. The zero-order valence-electron chi connectivity index (χ0n) is 24.8. The average molecular weight is 591 g/mol. The van der Waals surface area contributed by atoms with Gasteiger partial charge in [-0.3, -0.25) is 4.84 Å². The fourth-order valence-electron chi connectivity index (χ4n) is 10.6. The van der Waals surface area contributed by atoms with Gasteiger partial charge < -0.3 is 29.9 Å². The van der Waals surface area contributed by atoms with Crippen molar-refractivity contribution in [3.8, 4) is 0 Å². The van der Waals surface area contributed by atoms with Crippen LogP contribution in [0.5, 0.6) is 0 Å². The molecule has 1 saturated heterocycles. The first-order valence-electron chi connectivity index (χ1n) is 15.6. The van der Waals surface area contributed by atoms with E-state index in [0.717, 1.165) is 63.4 Å². The van der Waals surface area contributed by atoms with Crippen molar-refractivity contribution >= 4 is 5.97 Å². The number of nitrogens with zero attached hydrogens (tertiary/aromatic N) is 4. The van der Waals surface area contributed by atoms with Gasteiger partial charge in [-0.25, -0.2) is 4.79 Å². The molecule has 2 aliphatic heterocycles. The molecule has 0 bridgehead atoms. The van der Waals surface area contributed by atoms with Crippen molar-refractivity contribution in [2.24, 2.45) is 39.6 Å². The van der Waals surface area contributed by atoms with E-state index < -0.39 is 42.8 Å². The van der Waals surface area contributed by atoms with Gasteiger partial charge in [0, 0.05) is 22.4 Å². The first-order chi connectivity index (χ1) is 20.0. The summed E-state index contributed by atoms with van der Waals surface area (Å²) >= 11 is 0. The first-order valence-corrected chi connectivity index (χ1v) is 15.6. The second kappa shape index (κ2) is 11.0. The number of aliphatic hydroxyl groups is 4. The molecule has 5 fully saturated rings. The summed E-state index contributed by atoms with van der Waals surface area (Å²) < 4.78 is 11.2. The van der Waals surface area contributed by atoms with Crippen LogP contribution in [0.1, 0.15) is 71.6 Å². The number of azide groups is 1. The van der Waals surface area contributed by atoms with Crippen molar-refractivity contribution in [2.45, 2.75) is 114 Å². The molecule has 4 aliphatic carbocycles. The van der Waals surface area contributed by atoms with Gasteiger partial charge in [0.25, 0.3) is 0 Å². The molecule has 0 radical (unpaired) electrons. The Balaban J connectivity index is 1.20. The summed E-state index contributed by atoms with van der Waals surface area (Å²) in [7, 11) is 1.52. The van der Waals surface area contributed by atoms with Crippen molar-refractivity contribution in [2.75, 3.05) is 20.3 Å². The number of carbonyl (C=O) groups is 1. The second-order valence-electron chi connectivity index (χ2n) is 14.2. The first kappa shape index (κ1) is 30.3. The third-order valence-corrected chi connectivity index (χ3v) is 12.8. The zero-order chi connectivity index (χ0) is 30.0. The van der Waals surface area contributed by atoms with Crippen LogP contribution in [0.4, 0.5) is 0 Å². The van der Waals surface area contributed by atoms with Crippen molar-refractivity contribution in [1.29, 1.82) is 0 Å². The number of cyclic esters (lactones) is 1. The highest BCUT2D eigenvalue weighted by Crippen LogP contribution is 2.70. The molecule has 12 nitrogen and oxygen atoms in total. The Morgan fingerprint density at radius 1 is 1.12 bits per heavy atom. The Bertz CT molecular complexity index is 1150. The van der Waals surface area contributed by atoms with Crippen LogP contribution in [0.25, 0.3) is 10.4 Å². The average Bonchev–Trinajstić information content (AvgIpc) is 3.52. The molecule has 6 rings (SSSR count). The van der Waals surface area contributed by atoms with E-state index in [-0.39, 0.29) is 34.7 Å². The molecule has 2 heterocycles. The predicted octanol–water partition coefficient (Wildman–Crippen LogP) is 2.59. The molecule has 0 amide bonds. The Hall–Kier alpha value is -1.76. The van der Waals surface area contributed by atoms with E-state index in [2.05, 4.69) is 23.9 Å². The van der Waals surface area contributed by atoms with Crippen molar-refractivity contribution < 1.29 is 39.5 Å². The van der Waals surface area contributed by atoms with Crippen LogP contribution < -0.4 is 0 Å². The number of hydrogen-bond donors (Lipinski definition) is 4. The molecule has 12 heteroatoms. The van der Waals surface area contributed by atoms with Crippen LogP contribution in [0.3, 0.4) is 0 Å². The molecule has 4 N–H and O–H groups in total. The van der Waals surface area contributed by atoms with Crippen LogP contribution in [0.15, 0.2) is 16.8 Å². The second-order valence-corrected chi connectivity index (χ2v) is 14.2. The van der Waals surface area contributed by atoms with E-state index in [1.807, 2.05) is 0 Å². The Morgan fingerprint density at radius 3 is 2.57 bits per heavy atom. The molecule has 4 saturated carbocycles. The van der Waals surface area contributed by atoms with Crippen LogP contribution in [0.2, 0.25) is 0 Å². The van der Waals surface area contributed by atoms with Gasteiger partial charge in [-0.05, 0) is 98.0 Å². The highest BCUT2D eigenvalue weighted by atomic mass is 16.7. The lowest BCUT2D eigenvalue weighted by atomic mass is 9.43. The molecule has 0 aromatic heterocycles. The molecule has 0 aromatic carbocycles. The van der Waals surface area contributed by atoms with Gasteiger partial charge in [0.15, 0.2) is 6.23 Å². The Kier molecular flexibility index (Phi) is 7.93. The molecule has 42 heavy (non-hydrogen) atoms. The summed E-state index contributed by atoms with van der Waals surface area (Å²) in [6.07, 6.45) is 5.02. The largest absolute Gasteiger partial charge is 0.458 e. The van der Waals surface area contributed by atoms with Crippen LogP contribution in [0, 0.1) is 34.5 Å². The van der Waals surface area contributed by atoms with Gasteiger partial charge in [0.1, 0.15) is 18.8 Å². The maximum atomic E-state index is 12.5. The molecule has 234 valence electrons. The van der Waals surface area contributed by atoms with E-state index in [0.29, 0.717) is 18.4 Å². The van der Waals surface area contributed by atoms with E-state index >= 15 is 0 Å². The van der Waals surface area contributed by atoms with Gasteiger partial charge in [-0.1, -0.05) is 19.0 Å². The summed E-state index contributed by atoms with van der Waals surface area (Å²) in [4.78, 5) is 20.4. The molecule has 0 spiro atoms. The van der Waals surface area contributed by atoms with E-state index in [1.54, 1.807) is 11.1 Å². The maximum Gasteiger partial charge on any atom is 0.331 e. The predicted molar refractivity (Wildman–Crippen MR) is 149 cm³/mol. The fourth-order valence-corrected chi connectivity index (χ4v) is 10.6. The molecule has 6 aliphatic rings. The van der Waals surface area contributed by atoms with E-state index in [4.69, 9.17) is 19.8 Å². The van der Waals surface area contributed by atoms with Crippen LogP contribution in [-0.2, 0) is 19.1 Å². The normalized spacial score (nSPS) is 50.3. The third-order valence-electron chi connectivity index (χ3n) is 12.8. The quantitative estimate of drug-likeness (QED) is 0.119. The fraction of sp³-hybridized carbons (Fsp3) is 0.900. The van der Waals surface area contributed by atoms with Gasteiger partial charge in [0.2, 0.25) is 0 Å². The number of rotatable bonds is 6. The van der Waals surface area contributed by atoms with Crippen molar-refractivity contribution in [3.63, 3.8) is 0 Å². The summed E-state index contributed by atoms with van der Waals surface area (Å²) in [6, 6.07) is -1.25. The number of hydrogen-bond acceptors (Lipinski definition) is 10. The van der Waals surface area contributed by atoms with E-state index in [9.17, 15) is 25.2 Å². The number of esters is 1. The minimum Gasteiger partial charge on any atom is -0.458 e. The smallest absolute Gasteiger partial charge is 0.331 e. The van der Waals surface area contributed by atoms with Crippen LogP contribution in [-0.4, -0.2) is 94.0 Å². The molecule has 13 atom stereocenters. The summed E-state index contributed by atoms with van der Waals surface area (Å²) in [5.74, 6) is 0.882. The van der Waals surface area contributed by atoms with Crippen LogP contribution >= 0.6 is 0 Å². The van der Waals surface area contributed by atoms with Gasteiger partial charge in [-0.15, -0.1) is 0 Å².